The summed E-state index contributed by atoms with van der Waals surface area (Å²) in [5, 5.41) is 0. The molecule has 13 heavy (non-hydrogen) atoms. The summed E-state index contributed by atoms with van der Waals surface area (Å²) in [6, 6.07) is 0. The zero-order valence-electron chi connectivity index (χ0n) is 9.26. The van der Waals surface area contributed by atoms with Crippen molar-refractivity contribution in [3.8, 4) is 0 Å². The fourth-order valence-corrected chi connectivity index (χ4v) is 1.21. The Balaban J connectivity index is 3.74. The fraction of sp³-hybridized carbons (Fsp3) is 0.900. The van der Waals surface area contributed by atoms with Gasteiger partial charge in [0.25, 0.3) is 0 Å². The van der Waals surface area contributed by atoms with E-state index in [0.717, 1.165) is 25.8 Å². The molecule has 2 N–H and O–H groups in total. The minimum Gasteiger partial charge on any atom is -0.393 e. The van der Waals surface area contributed by atoms with Gasteiger partial charge in [-0.3, -0.25) is 0 Å². The normalized spacial score (nSPS) is 12.1. The molecule has 0 aliphatic heterocycles. The summed E-state index contributed by atoms with van der Waals surface area (Å²) in [7, 11) is 2.16. The molecule has 0 saturated carbocycles. The average molecular weight is 202 g/mol. The van der Waals surface area contributed by atoms with Crippen molar-refractivity contribution < 1.29 is 0 Å². The molecule has 0 radical (unpaired) electrons. The maximum Gasteiger partial charge on any atom is 0.0727 e. The molecule has 0 amide bonds. The van der Waals surface area contributed by atoms with Crippen LogP contribution >= 0.6 is 12.2 Å². The Morgan fingerprint density at radius 1 is 1.46 bits per heavy atom. The van der Waals surface area contributed by atoms with Gasteiger partial charge in [0.2, 0.25) is 0 Å². The first-order chi connectivity index (χ1) is 5.90. The van der Waals surface area contributed by atoms with Crippen LogP contribution in [0.2, 0.25) is 0 Å². The Kier molecular flexibility index (Phi) is 5.49. The molecule has 0 bridgehead atoms. The molecule has 78 valence electrons. The number of rotatable bonds is 6. The predicted octanol–water partition coefficient (Wildman–Crippen LogP) is 2.17. The van der Waals surface area contributed by atoms with E-state index in [0.29, 0.717) is 4.99 Å². The second-order valence-corrected chi connectivity index (χ2v) is 4.68. The Hall–Kier alpha value is -0.150. The summed E-state index contributed by atoms with van der Waals surface area (Å²) in [6.07, 6.45) is 3.09. The van der Waals surface area contributed by atoms with Gasteiger partial charge in [0, 0.05) is 5.54 Å². The van der Waals surface area contributed by atoms with E-state index in [2.05, 4.69) is 32.7 Å². The second-order valence-electron chi connectivity index (χ2n) is 4.16. The molecule has 0 heterocycles. The molecule has 0 aliphatic carbocycles. The summed E-state index contributed by atoms with van der Waals surface area (Å²) in [4.78, 5) is 2.99. The highest BCUT2D eigenvalue weighted by Gasteiger charge is 2.19. The monoisotopic (exact) mass is 202 g/mol. The van der Waals surface area contributed by atoms with Gasteiger partial charge in [-0.2, -0.15) is 0 Å². The van der Waals surface area contributed by atoms with Gasteiger partial charge in [0.15, 0.2) is 0 Å². The molecule has 0 aromatic carbocycles. The number of thiocarbonyl (C=S) groups is 1. The number of hydrogen-bond donors (Lipinski definition) is 1. The Morgan fingerprint density at radius 2 is 2.00 bits per heavy atom. The second kappa shape index (κ2) is 5.55. The molecule has 0 fully saturated rings. The van der Waals surface area contributed by atoms with Crippen LogP contribution < -0.4 is 5.73 Å². The number of hydrogen-bond acceptors (Lipinski definition) is 2. The van der Waals surface area contributed by atoms with Crippen molar-refractivity contribution in [2.24, 2.45) is 5.73 Å². The number of nitrogens with two attached hydrogens (primary N) is 1. The van der Waals surface area contributed by atoms with Crippen molar-refractivity contribution in [2.75, 3.05) is 13.6 Å². The Morgan fingerprint density at radius 3 is 2.38 bits per heavy atom. The van der Waals surface area contributed by atoms with Crippen molar-refractivity contribution in [3.63, 3.8) is 0 Å². The van der Waals surface area contributed by atoms with Crippen LogP contribution in [0.3, 0.4) is 0 Å². The molecule has 3 heteroatoms. The highest BCUT2D eigenvalue weighted by atomic mass is 32.1. The smallest absolute Gasteiger partial charge is 0.0727 e. The molecule has 0 aliphatic rings. The van der Waals surface area contributed by atoms with E-state index >= 15 is 0 Å². The van der Waals surface area contributed by atoms with Gasteiger partial charge in [-0.25, -0.2) is 0 Å². The van der Waals surface area contributed by atoms with Crippen molar-refractivity contribution in [3.05, 3.63) is 0 Å². The van der Waals surface area contributed by atoms with Crippen molar-refractivity contribution in [1.82, 2.24) is 4.90 Å². The molecule has 2 nitrogen and oxygen atoms in total. The van der Waals surface area contributed by atoms with Gasteiger partial charge >= 0.3 is 0 Å². The topological polar surface area (TPSA) is 29.3 Å². The first kappa shape index (κ1) is 12.8. The first-order valence-electron chi connectivity index (χ1n) is 4.89. The lowest BCUT2D eigenvalue weighted by Crippen LogP contribution is -2.41. The van der Waals surface area contributed by atoms with Crippen LogP contribution in [-0.4, -0.2) is 29.0 Å². The van der Waals surface area contributed by atoms with E-state index in [1.165, 1.54) is 0 Å². The molecular formula is C10H22N2S. The molecular weight excluding hydrogens is 180 g/mol. The van der Waals surface area contributed by atoms with Crippen LogP contribution in [0.1, 0.15) is 40.0 Å². The van der Waals surface area contributed by atoms with Crippen LogP contribution in [0, 0.1) is 0 Å². The zero-order chi connectivity index (χ0) is 10.5. The zero-order valence-corrected chi connectivity index (χ0v) is 10.1. The molecule has 0 unspecified atom stereocenters. The highest BCUT2D eigenvalue weighted by molar-refractivity contribution is 7.80. The molecule has 0 atom stereocenters. The van der Waals surface area contributed by atoms with Crippen LogP contribution in [0.5, 0.6) is 0 Å². The van der Waals surface area contributed by atoms with Gasteiger partial charge in [0.05, 0.1) is 4.99 Å². The summed E-state index contributed by atoms with van der Waals surface area (Å²) in [6.45, 7) is 7.80. The highest BCUT2D eigenvalue weighted by Crippen LogP contribution is 2.16. The first-order valence-corrected chi connectivity index (χ1v) is 5.30. The Labute approximate surface area is 87.5 Å². The third kappa shape index (κ3) is 5.21. The molecule has 0 saturated heterocycles. The van der Waals surface area contributed by atoms with E-state index in [-0.39, 0.29) is 5.54 Å². The van der Waals surface area contributed by atoms with Crippen molar-refractivity contribution in [1.29, 1.82) is 0 Å². The lowest BCUT2D eigenvalue weighted by Gasteiger charge is -2.34. The van der Waals surface area contributed by atoms with E-state index < -0.39 is 0 Å². The van der Waals surface area contributed by atoms with Crippen molar-refractivity contribution >= 4 is 17.2 Å². The van der Waals surface area contributed by atoms with Crippen LogP contribution in [0.25, 0.3) is 0 Å². The van der Waals surface area contributed by atoms with Gasteiger partial charge in [-0.05, 0) is 46.7 Å². The van der Waals surface area contributed by atoms with Crippen LogP contribution in [0.15, 0.2) is 0 Å². The standard InChI is InChI=1S/C10H22N2S/c1-5-10(2,3)12(4)8-6-7-9(11)13/h5-8H2,1-4H3,(H2,11,13). The lowest BCUT2D eigenvalue weighted by molar-refractivity contribution is 0.150. The van der Waals surface area contributed by atoms with Crippen LogP contribution in [-0.2, 0) is 0 Å². The molecule has 0 aromatic heterocycles. The lowest BCUT2D eigenvalue weighted by atomic mass is 10.00. The van der Waals surface area contributed by atoms with E-state index in [1.54, 1.807) is 0 Å². The minimum absolute atomic E-state index is 0.288. The van der Waals surface area contributed by atoms with E-state index in [9.17, 15) is 0 Å². The predicted molar refractivity (Wildman–Crippen MR) is 63.0 cm³/mol. The Bertz CT molecular complexity index is 166. The minimum atomic E-state index is 0.288. The SMILES string of the molecule is CCC(C)(C)N(C)CCCC(N)=S. The average Bonchev–Trinajstić information content (AvgIpc) is 2.03. The molecule has 0 spiro atoms. The maximum atomic E-state index is 5.43. The summed E-state index contributed by atoms with van der Waals surface area (Å²) < 4.78 is 0. The van der Waals surface area contributed by atoms with Crippen molar-refractivity contribution in [2.45, 2.75) is 45.6 Å². The van der Waals surface area contributed by atoms with Gasteiger partial charge < -0.3 is 10.6 Å². The maximum absolute atomic E-state index is 5.43. The fourth-order valence-electron chi connectivity index (χ4n) is 1.06. The van der Waals surface area contributed by atoms with Crippen LogP contribution in [0.4, 0.5) is 0 Å². The van der Waals surface area contributed by atoms with Gasteiger partial charge in [-0.15, -0.1) is 0 Å². The largest absolute Gasteiger partial charge is 0.393 e. The molecule has 0 rings (SSSR count). The molecule has 0 aromatic rings. The van der Waals surface area contributed by atoms with E-state index in [1.807, 2.05) is 0 Å². The van der Waals surface area contributed by atoms with Gasteiger partial charge in [0.1, 0.15) is 0 Å². The van der Waals surface area contributed by atoms with Gasteiger partial charge in [-0.1, -0.05) is 19.1 Å². The quantitative estimate of drug-likeness (QED) is 0.669. The summed E-state index contributed by atoms with van der Waals surface area (Å²) in [5.74, 6) is 0. The summed E-state index contributed by atoms with van der Waals surface area (Å²) >= 11 is 4.83. The summed E-state index contributed by atoms with van der Waals surface area (Å²) in [5.41, 5.74) is 5.72. The van der Waals surface area contributed by atoms with E-state index in [4.69, 9.17) is 18.0 Å². The number of nitrogens with zero attached hydrogens (tertiary/aromatic N) is 1. The third-order valence-corrected chi connectivity index (χ3v) is 3.02. The third-order valence-electron chi connectivity index (χ3n) is 2.82.